The number of carbonyl (C=O) groups excluding carboxylic acids is 2. The van der Waals surface area contributed by atoms with Crippen molar-refractivity contribution in [1.82, 2.24) is 0 Å². The van der Waals surface area contributed by atoms with Crippen LogP contribution in [0.2, 0.25) is 0 Å². The number of aryl methyl sites for hydroxylation is 1. The average molecular weight is 410 g/mol. The van der Waals surface area contributed by atoms with Crippen molar-refractivity contribution in [1.29, 1.82) is 0 Å². The molecule has 0 aliphatic carbocycles. The minimum atomic E-state index is -1.11. The fourth-order valence-corrected chi connectivity index (χ4v) is 2.42. The van der Waals surface area contributed by atoms with Gasteiger partial charge < -0.3 is 14.8 Å². The number of hydrogen-bond donors (Lipinski definition) is 1. The first-order chi connectivity index (χ1) is 11.8. The molecule has 0 saturated heterocycles. The molecular formula is C18H17BrFNO4. The SMILES string of the molecule is COc1ccc(C)cc1C(=O)O[C@H](C)C(=O)Nc1ccc(Br)cc1F. The van der Waals surface area contributed by atoms with Gasteiger partial charge in [0.15, 0.2) is 6.10 Å². The predicted molar refractivity (Wildman–Crippen MR) is 95.3 cm³/mol. The molecule has 0 bridgehead atoms. The second-order valence-electron chi connectivity index (χ2n) is 5.36. The summed E-state index contributed by atoms with van der Waals surface area (Å²) in [6, 6.07) is 9.28. The Bertz CT molecular complexity index is 810. The first kappa shape index (κ1) is 18.9. The number of hydrogen-bond acceptors (Lipinski definition) is 4. The third-order valence-electron chi connectivity index (χ3n) is 3.42. The molecule has 0 unspecified atom stereocenters. The molecule has 7 heteroatoms. The van der Waals surface area contributed by atoms with Crippen molar-refractivity contribution in [2.75, 3.05) is 12.4 Å². The number of nitrogens with one attached hydrogen (secondary N) is 1. The summed E-state index contributed by atoms with van der Waals surface area (Å²) < 4.78 is 24.6. The van der Waals surface area contributed by atoms with Gasteiger partial charge in [-0.05, 0) is 44.2 Å². The highest BCUT2D eigenvalue weighted by molar-refractivity contribution is 9.10. The van der Waals surface area contributed by atoms with Gasteiger partial charge >= 0.3 is 5.97 Å². The van der Waals surface area contributed by atoms with E-state index in [0.29, 0.717) is 10.2 Å². The molecule has 0 aliphatic heterocycles. The molecule has 0 spiro atoms. The van der Waals surface area contributed by atoms with E-state index in [0.717, 1.165) is 5.56 Å². The average Bonchev–Trinajstić information content (AvgIpc) is 2.57. The number of benzene rings is 2. The van der Waals surface area contributed by atoms with E-state index in [1.807, 2.05) is 6.92 Å². The van der Waals surface area contributed by atoms with E-state index in [-0.39, 0.29) is 11.3 Å². The summed E-state index contributed by atoms with van der Waals surface area (Å²) in [7, 11) is 1.44. The van der Waals surface area contributed by atoms with Gasteiger partial charge in [-0.2, -0.15) is 0 Å². The van der Waals surface area contributed by atoms with E-state index in [1.165, 1.54) is 26.2 Å². The topological polar surface area (TPSA) is 64.6 Å². The maximum absolute atomic E-state index is 13.8. The number of amides is 1. The van der Waals surface area contributed by atoms with Gasteiger partial charge in [-0.3, -0.25) is 4.79 Å². The number of methoxy groups -OCH3 is 1. The zero-order chi connectivity index (χ0) is 18.6. The summed E-state index contributed by atoms with van der Waals surface area (Å²) in [5.74, 6) is -1.58. The fraction of sp³-hybridized carbons (Fsp3) is 0.222. The highest BCUT2D eigenvalue weighted by Crippen LogP contribution is 2.22. The lowest BCUT2D eigenvalue weighted by Crippen LogP contribution is -2.30. The monoisotopic (exact) mass is 409 g/mol. The Morgan fingerprint density at radius 3 is 2.56 bits per heavy atom. The number of carbonyl (C=O) groups is 2. The Labute approximate surface area is 153 Å². The molecule has 25 heavy (non-hydrogen) atoms. The van der Waals surface area contributed by atoms with E-state index < -0.39 is 23.8 Å². The molecule has 0 fully saturated rings. The van der Waals surface area contributed by atoms with E-state index in [4.69, 9.17) is 9.47 Å². The van der Waals surface area contributed by atoms with Crippen LogP contribution in [0, 0.1) is 12.7 Å². The summed E-state index contributed by atoms with van der Waals surface area (Å²) in [5.41, 5.74) is 1.07. The predicted octanol–water partition coefficient (Wildman–Crippen LogP) is 4.09. The zero-order valence-corrected chi connectivity index (χ0v) is 15.5. The molecule has 0 saturated carbocycles. The maximum Gasteiger partial charge on any atom is 0.342 e. The highest BCUT2D eigenvalue weighted by atomic mass is 79.9. The lowest BCUT2D eigenvalue weighted by Gasteiger charge is -2.15. The number of halogens is 2. The molecule has 0 aromatic heterocycles. The van der Waals surface area contributed by atoms with Crippen molar-refractivity contribution in [3.8, 4) is 5.75 Å². The van der Waals surface area contributed by atoms with Crippen molar-refractivity contribution >= 4 is 33.5 Å². The van der Waals surface area contributed by atoms with Crippen molar-refractivity contribution in [2.24, 2.45) is 0 Å². The zero-order valence-electron chi connectivity index (χ0n) is 13.9. The van der Waals surface area contributed by atoms with Gasteiger partial charge in [0.25, 0.3) is 5.91 Å². The van der Waals surface area contributed by atoms with Gasteiger partial charge in [0.1, 0.15) is 17.1 Å². The molecule has 2 rings (SSSR count). The normalized spacial score (nSPS) is 11.6. The molecule has 0 radical (unpaired) electrons. The summed E-state index contributed by atoms with van der Waals surface area (Å²) in [6.45, 7) is 3.23. The largest absolute Gasteiger partial charge is 0.496 e. The van der Waals surface area contributed by atoms with Crippen LogP contribution < -0.4 is 10.1 Å². The van der Waals surface area contributed by atoms with Crippen molar-refractivity contribution in [2.45, 2.75) is 20.0 Å². The van der Waals surface area contributed by atoms with Crippen LogP contribution in [0.25, 0.3) is 0 Å². The molecule has 132 valence electrons. The summed E-state index contributed by atoms with van der Waals surface area (Å²) in [5, 5.41) is 2.39. The maximum atomic E-state index is 13.8. The summed E-state index contributed by atoms with van der Waals surface area (Å²) in [4.78, 5) is 24.4. The standard InChI is InChI=1S/C18H17BrFNO4/c1-10-4-7-16(24-3)13(8-10)18(23)25-11(2)17(22)21-15-6-5-12(19)9-14(15)20/h4-9,11H,1-3H3,(H,21,22)/t11-/m1/s1. The molecule has 2 aromatic carbocycles. The minimum Gasteiger partial charge on any atom is -0.496 e. The van der Waals surface area contributed by atoms with Crippen LogP contribution in [-0.2, 0) is 9.53 Å². The lowest BCUT2D eigenvalue weighted by molar-refractivity contribution is -0.123. The van der Waals surface area contributed by atoms with Crippen LogP contribution in [0.3, 0.4) is 0 Å². The Morgan fingerprint density at radius 2 is 1.92 bits per heavy atom. The molecule has 0 heterocycles. The Hall–Kier alpha value is -2.41. The summed E-state index contributed by atoms with van der Waals surface area (Å²) >= 11 is 3.14. The molecule has 2 aromatic rings. The van der Waals surface area contributed by atoms with Gasteiger partial charge in [0, 0.05) is 4.47 Å². The quantitative estimate of drug-likeness (QED) is 0.755. The van der Waals surface area contributed by atoms with Gasteiger partial charge in [0.2, 0.25) is 0 Å². The highest BCUT2D eigenvalue weighted by Gasteiger charge is 2.22. The first-order valence-electron chi connectivity index (χ1n) is 7.43. The number of esters is 1. The van der Waals surface area contributed by atoms with Crippen LogP contribution in [0.15, 0.2) is 40.9 Å². The number of rotatable bonds is 5. The Morgan fingerprint density at radius 1 is 1.20 bits per heavy atom. The van der Waals surface area contributed by atoms with Gasteiger partial charge in [-0.25, -0.2) is 9.18 Å². The second-order valence-corrected chi connectivity index (χ2v) is 6.28. The Kier molecular flexibility index (Phi) is 6.14. The lowest BCUT2D eigenvalue weighted by atomic mass is 10.1. The number of anilines is 1. The van der Waals surface area contributed by atoms with E-state index in [9.17, 15) is 14.0 Å². The minimum absolute atomic E-state index is 0.00392. The van der Waals surface area contributed by atoms with E-state index in [1.54, 1.807) is 24.3 Å². The van der Waals surface area contributed by atoms with E-state index in [2.05, 4.69) is 21.2 Å². The third-order valence-corrected chi connectivity index (χ3v) is 3.91. The second kappa shape index (κ2) is 8.11. The van der Waals surface area contributed by atoms with Crippen LogP contribution in [0.5, 0.6) is 5.75 Å². The number of ether oxygens (including phenoxy) is 2. The molecule has 1 atom stereocenters. The van der Waals surface area contributed by atoms with Crippen LogP contribution in [-0.4, -0.2) is 25.1 Å². The van der Waals surface area contributed by atoms with Crippen molar-refractivity contribution in [3.63, 3.8) is 0 Å². The molecule has 1 amide bonds. The Balaban J connectivity index is 2.08. The van der Waals surface area contributed by atoms with Gasteiger partial charge in [0.05, 0.1) is 12.8 Å². The summed E-state index contributed by atoms with van der Waals surface area (Å²) in [6.07, 6.45) is -1.11. The van der Waals surface area contributed by atoms with E-state index >= 15 is 0 Å². The fourth-order valence-electron chi connectivity index (χ4n) is 2.08. The van der Waals surface area contributed by atoms with Crippen molar-refractivity contribution in [3.05, 3.63) is 57.8 Å². The van der Waals surface area contributed by atoms with Gasteiger partial charge in [-0.1, -0.05) is 27.6 Å². The molecule has 1 N–H and O–H groups in total. The molecule has 0 aliphatic rings. The van der Waals surface area contributed by atoms with Crippen LogP contribution in [0.1, 0.15) is 22.8 Å². The van der Waals surface area contributed by atoms with Gasteiger partial charge in [-0.15, -0.1) is 0 Å². The van der Waals surface area contributed by atoms with Crippen LogP contribution >= 0.6 is 15.9 Å². The first-order valence-corrected chi connectivity index (χ1v) is 8.22. The molecule has 5 nitrogen and oxygen atoms in total. The van der Waals surface area contributed by atoms with Crippen LogP contribution in [0.4, 0.5) is 10.1 Å². The third kappa shape index (κ3) is 4.79. The van der Waals surface area contributed by atoms with Crippen molar-refractivity contribution < 1.29 is 23.5 Å². The smallest absolute Gasteiger partial charge is 0.342 e. The molecular weight excluding hydrogens is 393 g/mol.